The second-order valence-electron chi connectivity index (χ2n) is 6.35. The van der Waals surface area contributed by atoms with E-state index in [1.165, 1.54) is 10.9 Å². The number of nitrogens with zero attached hydrogens (tertiary/aromatic N) is 3. The normalized spacial score (nSPS) is 18.8. The molecule has 0 aliphatic carbocycles. The van der Waals surface area contributed by atoms with Crippen LogP contribution in [0.4, 0.5) is 0 Å². The molecule has 122 valence electrons. The van der Waals surface area contributed by atoms with Gasteiger partial charge in [0.15, 0.2) is 0 Å². The minimum Gasteiger partial charge on any atom is -0.369 e. The monoisotopic (exact) mass is 319 g/mol. The van der Waals surface area contributed by atoms with Gasteiger partial charge in [-0.05, 0) is 30.7 Å². The maximum absolute atomic E-state index is 5.92. The highest BCUT2D eigenvalue weighted by molar-refractivity contribution is 5.78. The van der Waals surface area contributed by atoms with Gasteiger partial charge in [0.2, 0.25) is 0 Å². The molecule has 0 radical (unpaired) electrons. The Morgan fingerprint density at radius 1 is 1.12 bits per heavy atom. The van der Waals surface area contributed by atoms with Crippen molar-refractivity contribution >= 4 is 10.9 Å². The van der Waals surface area contributed by atoms with Crippen LogP contribution in [-0.4, -0.2) is 34.6 Å². The van der Waals surface area contributed by atoms with E-state index in [9.17, 15) is 0 Å². The van der Waals surface area contributed by atoms with Crippen molar-refractivity contribution in [3.63, 3.8) is 0 Å². The first kappa shape index (κ1) is 15.2. The SMILES string of the molecule is Cc1ccc([C@@H]2CN(Cc3ccc4ccccc4n3)CCO2)nc1. The number of pyridine rings is 2. The summed E-state index contributed by atoms with van der Waals surface area (Å²) in [7, 11) is 0. The van der Waals surface area contributed by atoms with Crippen LogP contribution >= 0.6 is 0 Å². The highest BCUT2D eigenvalue weighted by atomic mass is 16.5. The highest BCUT2D eigenvalue weighted by Gasteiger charge is 2.23. The standard InChI is InChI=1S/C20H21N3O/c1-15-6-9-19(21-12-15)20-14-23(10-11-24-20)13-17-8-7-16-4-2-3-5-18(16)22-17/h2-9,12,20H,10-11,13-14H2,1H3/t20-/m0/s1. The van der Waals surface area contributed by atoms with Gasteiger partial charge in [-0.2, -0.15) is 0 Å². The molecule has 2 aromatic heterocycles. The minimum atomic E-state index is 0.0415. The van der Waals surface area contributed by atoms with Gasteiger partial charge in [0.05, 0.1) is 23.5 Å². The Hall–Kier alpha value is -2.30. The molecule has 1 saturated heterocycles. The van der Waals surface area contributed by atoms with Gasteiger partial charge in [-0.15, -0.1) is 0 Å². The third kappa shape index (κ3) is 3.30. The number of hydrogen-bond acceptors (Lipinski definition) is 4. The Bertz CT molecular complexity index is 832. The lowest BCUT2D eigenvalue weighted by molar-refractivity contribution is -0.0353. The summed E-state index contributed by atoms with van der Waals surface area (Å²) in [6.07, 6.45) is 1.95. The average molecular weight is 319 g/mol. The molecule has 4 nitrogen and oxygen atoms in total. The topological polar surface area (TPSA) is 38.2 Å². The number of aryl methyl sites for hydroxylation is 1. The largest absolute Gasteiger partial charge is 0.369 e. The molecule has 1 aliphatic heterocycles. The molecule has 0 saturated carbocycles. The Morgan fingerprint density at radius 2 is 2.04 bits per heavy atom. The number of aromatic nitrogens is 2. The summed E-state index contributed by atoms with van der Waals surface area (Å²) in [5.74, 6) is 0. The van der Waals surface area contributed by atoms with Crippen molar-refractivity contribution in [3.8, 4) is 0 Å². The summed E-state index contributed by atoms with van der Waals surface area (Å²) in [6, 6.07) is 16.7. The van der Waals surface area contributed by atoms with Crippen LogP contribution in [0.5, 0.6) is 0 Å². The zero-order chi connectivity index (χ0) is 16.4. The van der Waals surface area contributed by atoms with E-state index in [2.05, 4.69) is 53.2 Å². The van der Waals surface area contributed by atoms with E-state index in [0.29, 0.717) is 0 Å². The number of ether oxygens (including phenoxy) is 1. The van der Waals surface area contributed by atoms with Crippen LogP contribution in [0.1, 0.15) is 23.1 Å². The predicted octanol–water partition coefficient (Wildman–Crippen LogP) is 3.51. The summed E-state index contributed by atoms with van der Waals surface area (Å²) in [4.78, 5) is 11.7. The van der Waals surface area contributed by atoms with E-state index in [-0.39, 0.29) is 6.10 Å². The fraction of sp³-hybridized carbons (Fsp3) is 0.300. The van der Waals surface area contributed by atoms with Gasteiger partial charge < -0.3 is 4.74 Å². The summed E-state index contributed by atoms with van der Waals surface area (Å²) < 4.78 is 5.92. The van der Waals surface area contributed by atoms with Crippen molar-refractivity contribution in [2.45, 2.75) is 19.6 Å². The molecular weight excluding hydrogens is 298 g/mol. The Labute approximate surface area is 142 Å². The molecule has 1 aromatic carbocycles. The second-order valence-corrected chi connectivity index (χ2v) is 6.35. The van der Waals surface area contributed by atoms with Gasteiger partial charge in [-0.25, -0.2) is 0 Å². The zero-order valence-corrected chi connectivity index (χ0v) is 13.9. The van der Waals surface area contributed by atoms with Gasteiger partial charge in [0, 0.05) is 31.2 Å². The van der Waals surface area contributed by atoms with E-state index in [1.807, 2.05) is 18.3 Å². The van der Waals surface area contributed by atoms with Crippen LogP contribution in [0, 0.1) is 6.92 Å². The summed E-state index contributed by atoms with van der Waals surface area (Å²) in [5, 5.41) is 1.19. The number of fused-ring (bicyclic) bond motifs is 1. The Kier molecular flexibility index (Phi) is 4.24. The fourth-order valence-electron chi connectivity index (χ4n) is 3.12. The van der Waals surface area contributed by atoms with Crippen LogP contribution in [0.25, 0.3) is 10.9 Å². The maximum Gasteiger partial charge on any atom is 0.112 e. The third-order valence-electron chi connectivity index (χ3n) is 4.46. The van der Waals surface area contributed by atoms with Crippen LogP contribution < -0.4 is 0 Å². The molecule has 4 rings (SSSR count). The molecule has 3 aromatic rings. The highest BCUT2D eigenvalue weighted by Crippen LogP contribution is 2.22. The van der Waals surface area contributed by atoms with Crippen molar-refractivity contribution in [3.05, 3.63) is 71.7 Å². The van der Waals surface area contributed by atoms with E-state index in [1.54, 1.807) is 0 Å². The fourth-order valence-corrected chi connectivity index (χ4v) is 3.12. The van der Waals surface area contributed by atoms with Gasteiger partial charge in [0.1, 0.15) is 6.10 Å². The average Bonchev–Trinajstić information content (AvgIpc) is 2.62. The molecule has 24 heavy (non-hydrogen) atoms. The number of morpholine rings is 1. The van der Waals surface area contributed by atoms with Crippen molar-refractivity contribution < 1.29 is 4.74 Å². The lowest BCUT2D eigenvalue weighted by atomic mass is 10.1. The molecule has 3 heterocycles. The van der Waals surface area contributed by atoms with E-state index in [0.717, 1.165) is 43.1 Å². The minimum absolute atomic E-state index is 0.0415. The molecule has 0 unspecified atom stereocenters. The Morgan fingerprint density at radius 3 is 2.92 bits per heavy atom. The molecule has 0 spiro atoms. The molecule has 4 heteroatoms. The molecule has 0 bridgehead atoms. The quantitative estimate of drug-likeness (QED) is 0.740. The van der Waals surface area contributed by atoms with Crippen molar-refractivity contribution in [2.24, 2.45) is 0 Å². The summed E-state index contributed by atoms with van der Waals surface area (Å²) in [5.41, 5.74) is 4.34. The van der Waals surface area contributed by atoms with Crippen molar-refractivity contribution in [2.75, 3.05) is 19.7 Å². The maximum atomic E-state index is 5.92. The third-order valence-corrected chi connectivity index (χ3v) is 4.46. The smallest absolute Gasteiger partial charge is 0.112 e. The van der Waals surface area contributed by atoms with Gasteiger partial charge in [0.25, 0.3) is 0 Å². The number of para-hydroxylation sites is 1. The van der Waals surface area contributed by atoms with Gasteiger partial charge in [-0.3, -0.25) is 14.9 Å². The van der Waals surface area contributed by atoms with Gasteiger partial charge in [-0.1, -0.05) is 30.3 Å². The zero-order valence-electron chi connectivity index (χ0n) is 13.9. The lowest BCUT2D eigenvalue weighted by Crippen LogP contribution is -2.38. The van der Waals surface area contributed by atoms with Crippen LogP contribution in [0.15, 0.2) is 54.7 Å². The second kappa shape index (κ2) is 6.67. The summed E-state index contributed by atoms with van der Waals surface area (Å²) >= 11 is 0. The molecule has 1 aliphatic rings. The Balaban J connectivity index is 1.48. The van der Waals surface area contributed by atoms with Crippen LogP contribution in [0.2, 0.25) is 0 Å². The van der Waals surface area contributed by atoms with Crippen molar-refractivity contribution in [1.29, 1.82) is 0 Å². The molecule has 1 atom stereocenters. The molecular formula is C20H21N3O. The first-order valence-electron chi connectivity index (χ1n) is 8.39. The molecule has 0 amide bonds. The van der Waals surface area contributed by atoms with E-state index >= 15 is 0 Å². The molecule has 0 N–H and O–H groups in total. The first-order valence-corrected chi connectivity index (χ1v) is 8.39. The van der Waals surface area contributed by atoms with Crippen LogP contribution in [-0.2, 0) is 11.3 Å². The number of benzene rings is 1. The molecule has 1 fully saturated rings. The van der Waals surface area contributed by atoms with Crippen LogP contribution in [0.3, 0.4) is 0 Å². The van der Waals surface area contributed by atoms with Crippen molar-refractivity contribution in [1.82, 2.24) is 14.9 Å². The first-order chi connectivity index (χ1) is 11.8. The van der Waals surface area contributed by atoms with E-state index < -0.39 is 0 Å². The lowest BCUT2D eigenvalue weighted by Gasteiger charge is -2.32. The van der Waals surface area contributed by atoms with E-state index in [4.69, 9.17) is 9.72 Å². The number of hydrogen-bond donors (Lipinski definition) is 0. The predicted molar refractivity (Wildman–Crippen MR) is 94.7 cm³/mol. The van der Waals surface area contributed by atoms with Gasteiger partial charge >= 0.3 is 0 Å². The number of rotatable bonds is 3. The summed E-state index contributed by atoms with van der Waals surface area (Å²) in [6.45, 7) is 5.40.